The molecule has 2 rings (SSSR count). The molecule has 4 nitrogen and oxygen atoms in total. The summed E-state index contributed by atoms with van der Waals surface area (Å²) in [6.45, 7) is 4.02. The van der Waals surface area contributed by atoms with E-state index in [9.17, 15) is 4.79 Å². The van der Waals surface area contributed by atoms with Crippen LogP contribution in [0.3, 0.4) is 0 Å². The molecule has 1 atom stereocenters. The molecule has 88 valence electrons. The van der Waals surface area contributed by atoms with E-state index in [0.29, 0.717) is 12.0 Å². The number of hydrogen-bond acceptors (Lipinski definition) is 2. The molecule has 1 aromatic rings. The van der Waals surface area contributed by atoms with Crippen LogP contribution in [0.2, 0.25) is 0 Å². The van der Waals surface area contributed by atoms with Gasteiger partial charge in [-0.25, -0.2) is 4.98 Å². The highest BCUT2D eigenvalue weighted by Gasteiger charge is 2.25. The van der Waals surface area contributed by atoms with Crippen molar-refractivity contribution in [3.05, 3.63) is 18.7 Å². The first-order valence-corrected chi connectivity index (χ1v) is 6.02. The van der Waals surface area contributed by atoms with E-state index in [1.165, 1.54) is 0 Å². The van der Waals surface area contributed by atoms with Gasteiger partial charge in [-0.3, -0.25) is 4.79 Å². The first-order valence-electron chi connectivity index (χ1n) is 6.02. The summed E-state index contributed by atoms with van der Waals surface area (Å²) < 4.78 is 2.21. The van der Waals surface area contributed by atoms with Crippen molar-refractivity contribution < 1.29 is 4.79 Å². The highest BCUT2D eigenvalue weighted by molar-refractivity contribution is 5.47. The Labute approximate surface area is 96.3 Å². The Morgan fingerprint density at radius 3 is 2.75 bits per heavy atom. The monoisotopic (exact) mass is 221 g/mol. The third-order valence-corrected chi connectivity index (χ3v) is 3.59. The lowest BCUT2D eigenvalue weighted by atomic mass is 9.88. The number of aromatic nitrogens is 2. The van der Waals surface area contributed by atoms with Crippen LogP contribution < -0.4 is 0 Å². The normalized spacial score (nSPS) is 19.7. The van der Waals surface area contributed by atoms with Crippen LogP contribution in [0.25, 0.3) is 0 Å². The predicted molar refractivity (Wildman–Crippen MR) is 61.9 cm³/mol. The molecule has 1 aliphatic heterocycles. The van der Waals surface area contributed by atoms with E-state index in [1.807, 2.05) is 23.6 Å². The Kier molecular flexibility index (Phi) is 3.59. The van der Waals surface area contributed by atoms with Crippen LogP contribution in [0.15, 0.2) is 18.7 Å². The molecule has 1 aromatic heterocycles. The predicted octanol–water partition coefficient (Wildman–Crippen LogP) is 1.70. The second-order valence-corrected chi connectivity index (χ2v) is 4.46. The Bertz CT molecular complexity index is 315. The van der Waals surface area contributed by atoms with E-state index in [1.54, 1.807) is 0 Å². The smallest absolute Gasteiger partial charge is 0.209 e. The van der Waals surface area contributed by atoms with Gasteiger partial charge in [-0.1, -0.05) is 6.92 Å². The molecular weight excluding hydrogens is 202 g/mol. The summed E-state index contributed by atoms with van der Waals surface area (Å²) in [5.74, 6) is 0.676. The molecule has 16 heavy (non-hydrogen) atoms. The van der Waals surface area contributed by atoms with Gasteiger partial charge >= 0.3 is 0 Å². The zero-order valence-corrected chi connectivity index (χ0v) is 9.75. The Morgan fingerprint density at radius 2 is 2.25 bits per heavy atom. The van der Waals surface area contributed by atoms with Crippen molar-refractivity contribution in [2.45, 2.75) is 32.2 Å². The number of likely N-dealkylation sites (tertiary alicyclic amines) is 1. The maximum atomic E-state index is 10.6. The van der Waals surface area contributed by atoms with Crippen molar-refractivity contribution in [2.75, 3.05) is 13.1 Å². The molecule has 0 bridgehead atoms. The first kappa shape index (κ1) is 11.2. The summed E-state index contributed by atoms with van der Waals surface area (Å²) in [6.07, 6.45) is 10.1. The van der Waals surface area contributed by atoms with Gasteiger partial charge in [-0.15, -0.1) is 0 Å². The molecule has 0 N–H and O–H groups in total. The molecule has 0 saturated carbocycles. The van der Waals surface area contributed by atoms with Crippen LogP contribution in [0.5, 0.6) is 0 Å². The molecule has 0 spiro atoms. The quantitative estimate of drug-likeness (QED) is 0.726. The van der Waals surface area contributed by atoms with Gasteiger partial charge < -0.3 is 9.47 Å². The van der Waals surface area contributed by atoms with Crippen molar-refractivity contribution in [1.82, 2.24) is 14.5 Å². The molecule has 1 saturated heterocycles. The van der Waals surface area contributed by atoms with Crippen LogP contribution >= 0.6 is 0 Å². The molecule has 0 aromatic carbocycles. The molecule has 0 aliphatic carbocycles. The van der Waals surface area contributed by atoms with Crippen LogP contribution in [-0.4, -0.2) is 34.0 Å². The van der Waals surface area contributed by atoms with Gasteiger partial charge in [0, 0.05) is 31.5 Å². The topological polar surface area (TPSA) is 38.1 Å². The summed E-state index contributed by atoms with van der Waals surface area (Å²) in [6, 6.07) is 0.538. The van der Waals surface area contributed by atoms with Gasteiger partial charge in [-0.2, -0.15) is 0 Å². The summed E-state index contributed by atoms with van der Waals surface area (Å²) >= 11 is 0. The summed E-state index contributed by atoms with van der Waals surface area (Å²) in [7, 11) is 0. The van der Waals surface area contributed by atoms with Crippen LogP contribution in [0, 0.1) is 5.92 Å². The van der Waals surface area contributed by atoms with Gasteiger partial charge in [0.05, 0.1) is 6.33 Å². The molecule has 1 amide bonds. The van der Waals surface area contributed by atoms with Gasteiger partial charge in [0.25, 0.3) is 0 Å². The minimum atomic E-state index is 0.538. The van der Waals surface area contributed by atoms with E-state index >= 15 is 0 Å². The zero-order valence-electron chi connectivity index (χ0n) is 9.75. The van der Waals surface area contributed by atoms with Crippen molar-refractivity contribution in [3.63, 3.8) is 0 Å². The molecule has 1 unspecified atom stereocenters. The standard InChI is InChI=1S/C12H19N3O/c1-2-12(15-8-5-13-9-15)11-3-6-14(10-16)7-4-11/h5,8-12H,2-4,6-7H2,1H3. The Hall–Kier alpha value is -1.32. The average molecular weight is 221 g/mol. The van der Waals surface area contributed by atoms with E-state index < -0.39 is 0 Å². The molecular formula is C12H19N3O. The van der Waals surface area contributed by atoms with Gasteiger partial charge in [0.1, 0.15) is 0 Å². The zero-order chi connectivity index (χ0) is 11.4. The van der Waals surface area contributed by atoms with Crippen LogP contribution in [0.1, 0.15) is 32.2 Å². The highest BCUT2D eigenvalue weighted by atomic mass is 16.1. The lowest BCUT2D eigenvalue weighted by Crippen LogP contribution is -2.35. The van der Waals surface area contributed by atoms with Crippen LogP contribution in [-0.2, 0) is 4.79 Å². The summed E-state index contributed by atoms with van der Waals surface area (Å²) in [4.78, 5) is 16.6. The van der Waals surface area contributed by atoms with E-state index in [2.05, 4.69) is 16.5 Å². The van der Waals surface area contributed by atoms with Crippen LogP contribution in [0.4, 0.5) is 0 Å². The Morgan fingerprint density at radius 1 is 1.50 bits per heavy atom. The maximum absolute atomic E-state index is 10.6. The number of carbonyl (C=O) groups excluding carboxylic acids is 1. The minimum Gasteiger partial charge on any atom is -0.345 e. The first-order chi connectivity index (χ1) is 7.85. The third-order valence-electron chi connectivity index (χ3n) is 3.59. The number of imidazole rings is 1. The van der Waals surface area contributed by atoms with Gasteiger partial charge in [0.2, 0.25) is 6.41 Å². The van der Waals surface area contributed by atoms with Gasteiger partial charge in [-0.05, 0) is 25.2 Å². The number of rotatable bonds is 4. The largest absolute Gasteiger partial charge is 0.345 e. The lowest BCUT2D eigenvalue weighted by molar-refractivity contribution is -0.119. The van der Waals surface area contributed by atoms with Crippen molar-refractivity contribution in [1.29, 1.82) is 0 Å². The summed E-state index contributed by atoms with van der Waals surface area (Å²) in [5, 5.41) is 0. The number of amides is 1. The number of carbonyl (C=O) groups is 1. The fourth-order valence-corrected chi connectivity index (χ4v) is 2.66. The fraction of sp³-hybridized carbons (Fsp3) is 0.667. The minimum absolute atomic E-state index is 0.538. The second-order valence-electron chi connectivity index (χ2n) is 4.46. The molecule has 0 radical (unpaired) electrons. The SMILES string of the molecule is CCC(C1CCN(C=O)CC1)n1ccnc1. The molecule has 1 aliphatic rings. The number of nitrogens with zero attached hydrogens (tertiary/aromatic N) is 3. The van der Waals surface area contributed by atoms with Crippen molar-refractivity contribution in [2.24, 2.45) is 5.92 Å². The van der Waals surface area contributed by atoms with E-state index in [-0.39, 0.29) is 0 Å². The molecule has 4 heteroatoms. The Balaban J connectivity index is 1.98. The van der Waals surface area contributed by atoms with Gasteiger partial charge in [0.15, 0.2) is 0 Å². The third kappa shape index (κ3) is 2.26. The number of piperidine rings is 1. The molecule has 1 fully saturated rings. The number of hydrogen-bond donors (Lipinski definition) is 0. The highest BCUT2D eigenvalue weighted by Crippen LogP contribution is 2.30. The van der Waals surface area contributed by atoms with E-state index in [0.717, 1.165) is 38.8 Å². The van der Waals surface area contributed by atoms with Crippen molar-refractivity contribution in [3.8, 4) is 0 Å². The average Bonchev–Trinajstić information content (AvgIpc) is 2.85. The lowest BCUT2D eigenvalue weighted by Gasteiger charge is -2.34. The maximum Gasteiger partial charge on any atom is 0.209 e. The molecule has 2 heterocycles. The second kappa shape index (κ2) is 5.14. The van der Waals surface area contributed by atoms with Crippen molar-refractivity contribution >= 4 is 6.41 Å². The van der Waals surface area contributed by atoms with E-state index in [4.69, 9.17) is 0 Å². The summed E-state index contributed by atoms with van der Waals surface area (Å²) in [5.41, 5.74) is 0. The fourth-order valence-electron chi connectivity index (χ4n) is 2.66.